The maximum Gasteiger partial charge on any atom is 0.226 e. The minimum absolute atomic E-state index is 0.148. The lowest BCUT2D eigenvalue weighted by Gasteiger charge is -2.32. The average molecular weight is 438 g/mol. The lowest BCUT2D eigenvalue weighted by molar-refractivity contribution is -0.116. The van der Waals surface area contributed by atoms with Gasteiger partial charge in [-0.15, -0.1) is 0 Å². The second-order valence-electron chi connectivity index (χ2n) is 6.86. The predicted molar refractivity (Wildman–Crippen MR) is 123 cm³/mol. The van der Waals surface area contributed by atoms with Crippen LogP contribution in [0.25, 0.3) is 0 Å². The molecule has 5 nitrogen and oxygen atoms in total. The molecule has 30 heavy (non-hydrogen) atoms. The molecule has 0 aromatic heterocycles. The standard InChI is InChI=1S/C23H20ClN3O2S/c1-15(28)25-16-10-11-17(24)18(14-16)26-23(29)12-13-27-19-6-2-4-8-21(19)30-22-9-5-3-7-20(22)27/h2-11,14H,12-13H2,1H3,(H,25,28)(H,26,29). The lowest BCUT2D eigenvalue weighted by atomic mass is 10.2. The highest BCUT2D eigenvalue weighted by Gasteiger charge is 2.23. The summed E-state index contributed by atoms with van der Waals surface area (Å²) in [4.78, 5) is 28.5. The Morgan fingerprint density at radius 3 is 2.20 bits per heavy atom. The van der Waals surface area contributed by atoms with Crippen LogP contribution in [0.2, 0.25) is 5.02 Å². The third-order valence-corrected chi connectivity index (χ3v) is 6.12. The molecule has 1 aliphatic heterocycles. The topological polar surface area (TPSA) is 61.4 Å². The molecule has 1 aliphatic rings. The highest BCUT2D eigenvalue weighted by molar-refractivity contribution is 7.99. The van der Waals surface area contributed by atoms with Crippen LogP contribution < -0.4 is 15.5 Å². The van der Waals surface area contributed by atoms with Gasteiger partial charge in [-0.05, 0) is 42.5 Å². The van der Waals surface area contributed by atoms with Crippen molar-refractivity contribution in [2.45, 2.75) is 23.1 Å². The van der Waals surface area contributed by atoms with Crippen molar-refractivity contribution < 1.29 is 9.59 Å². The van der Waals surface area contributed by atoms with Gasteiger partial charge < -0.3 is 15.5 Å². The Hall–Kier alpha value is -2.96. The Balaban J connectivity index is 1.49. The third kappa shape index (κ3) is 4.45. The van der Waals surface area contributed by atoms with Gasteiger partial charge in [0.25, 0.3) is 0 Å². The average Bonchev–Trinajstić information content (AvgIpc) is 2.73. The van der Waals surface area contributed by atoms with Gasteiger partial charge in [-0.2, -0.15) is 0 Å². The first-order chi connectivity index (χ1) is 14.5. The Kier molecular flexibility index (Phi) is 5.97. The number of hydrogen-bond acceptors (Lipinski definition) is 4. The minimum atomic E-state index is -0.185. The largest absolute Gasteiger partial charge is 0.339 e. The molecule has 3 aromatic rings. The van der Waals surface area contributed by atoms with Crippen molar-refractivity contribution in [3.8, 4) is 0 Å². The van der Waals surface area contributed by atoms with Gasteiger partial charge >= 0.3 is 0 Å². The van der Waals surface area contributed by atoms with E-state index in [4.69, 9.17) is 11.6 Å². The number of para-hydroxylation sites is 2. The molecule has 0 saturated heterocycles. The molecular formula is C23H20ClN3O2S. The Labute approximate surface area is 184 Å². The smallest absolute Gasteiger partial charge is 0.226 e. The van der Waals surface area contributed by atoms with Crippen molar-refractivity contribution in [2.75, 3.05) is 22.1 Å². The second-order valence-corrected chi connectivity index (χ2v) is 8.35. The van der Waals surface area contributed by atoms with Crippen LogP contribution in [0.5, 0.6) is 0 Å². The number of anilines is 4. The first-order valence-corrected chi connectivity index (χ1v) is 10.7. The van der Waals surface area contributed by atoms with Gasteiger partial charge in [-0.25, -0.2) is 0 Å². The van der Waals surface area contributed by atoms with Crippen molar-refractivity contribution >= 4 is 57.9 Å². The summed E-state index contributed by atoms with van der Waals surface area (Å²) >= 11 is 7.96. The van der Waals surface area contributed by atoms with Crippen LogP contribution >= 0.6 is 23.4 Å². The molecule has 4 rings (SSSR count). The van der Waals surface area contributed by atoms with Gasteiger partial charge in [0.15, 0.2) is 0 Å². The SMILES string of the molecule is CC(=O)Nc1ccc(Cl)c(NC(=O)CCN2c3ccccc3Sc3ccccc32)c1. The van der Waals surface area contributed by atoms with E-state index in [0.717, 1.165) is 11.4 Å². The van der Waals surface area contributed by atoms with E-state index < -0.39 is 0 Å². The third-order valence-electron chi connectivity index (χ3n) is 4.66. The molecule has 0 spiro atoms. The van der Waals surface area contributed by atoms with Crippen molar-refractivity contribution in [2.24, 2.45) is 0 Å². The zero-order chi connectivity index (χ0) is 21.1. The van der Waals surface area contributed by atoms with E-state index in [2.05, 4.69) is 39.8 Å². The highest BCUT2D eigenvalue weighted by atomic mass is 35.5. The Morgan fingerprint density at radius 2 is 1.57 bits per heavy atom. The highest BCUT2D eigenvalue weighted by Crippen LogP contribution is 2.47. The Bertz CT molecular complexity index is 1070. The van der Waals surface area contributed by atoms with Crippen LogP contribution in [0.3, 0.4) is 0 Å². The van der Waals surface area contributed by atoms with Crippen LogP contribution in [0.1, 0.15) is 13.3 Å². The monoisotopic (exact) mass is 437 g/mol. The molecule has 3 aromatic carbocycles. The zero-order valence-electron chi connectivity index (χ0n) is 16.3. The van der Waals surface area contributed by atoms with Gasteiger partial charge in [-0.3, -0.25) is 9.59 Å². The van der Waals surface area contributed by atoms with Crippen LogP contribution in [-0.4, -0.2) is 18.4 Å². The molecule has 152 valence electrons. The summed E-state index contributed by atoms with van der Waals surface area (Å²) < 4.78 is 0. The van der Waals surface area contributed by atoms with Crippen molar-refractivity contribution in [3.05, 3.63) is 71.8 Å². The number of nitrogens with zero attached hydrogens (tertiary/aromatic N) is 1. The number of carbonyl (C=O) groups excluding carboxylic acids is 2. The van der Waals surface area contributed by atoms with Crippen molar-refractivity contribution in [1.82, 2.24) is 0 Å². The maximum atomic E-state index is 12.7. The van der Waals surface area contributed by atoms with Crippen molar-refractivity contribution in [3.63, 3.8) is 0 Å². The van der Waals surface area contributed by atoms with Gasteiger partial charge in [0.05, 0.1) is 22.1 Å². The summed E-state index contributed by atoms with van der Waals surface area (Å²) in [5.41, 5.74) is 3.25. The molecule has 0 fully saturated rings. The molecule has 0 radical (unpaired) electrons. The molecular weight excluding hydrogens is 418 g/mol. The fourth-order valence-electron chi connectivity index (χ4n) is 3.35. The molecule has 7 heteroatoms. The van der Waals surface area contributed by atoms with Gasteiger partial charge in [0.2, 0.25) is 11.8 Å². The summed E-state index contributed by atoms with van der Waals surface area (Å²) in [5, 5.41) is 5.97. The fourth-order valence-corrected chi connectivity index (χ4v) is 4.61. The maximum absolute atomic E-state index is 12.7. The van der Waals surface area contributed by atoms with Gasteiger partial charge in [-0.1, -0.05) is 47.6 Å². The number of hydrogen-bond donors (Lipinski definition) is 2. The van der Waals surface area contributed by atoms with E-state index in [-0.39, 0.29) is 18.2 Å². The van der Waals surface area contributed by atoms with Crippen LogP contribution in [-0.2, 0) is 9.59 Å². The summed E-state index contributed by atoms with van der Waals surface area (Å²) in [6.07, 6.45) is 0.286. The normalized spacial score (nSPS) is 12.0. The summed E-state index contributed by atoms with van der Waals surface area (Å²) in [5.74, 6) is -0.333. The summed E-state index contributed by atoms with van der Waals surface area (Å²) in [6, 6.07) is 21.4. The molecule has 2 N–H and O–H groups in total. The number of fused-ring (bicyclic) bond motifs is 2. The molecule has 1 heterocycles. The van der Waals surface area contributed by atoms with Crippen LogP contribution in [0.15, 0.2) is 76.5 Å². The quantitative estimate of drug-likeness (QED) is 0.519. The Morgan fingerprint density at radius 1 is 0.933 bits per heavy atom. The van der Waals surface area contributed by atoms with Crippen molar-refractivity contribution in [1.29, 1.82) is 0 Å². The number of rotatable bonds is 5. The summed E-state index contributed by atoms with van der Waals surface area (Å²) in [7, 11) is 0. The predicted octanol–water partition coefficient (Wildman–Crippen LogP) is 5.93. The number of halogens is 1. The van der Waals surface area contributed by atoms with E-state index in [0.29, 0.717) is 22.9 Å². The van der Waals surface area contributed by atoms with Crippen LogP contribution in [0.4, 0.5) is 22.7 Å². The molecule has 0 bridgehead atoms. The van der Waals surface area contributed by atoms with E-state index >= 15 is 0 Å². The molecule has 0 unspecified atom stereocenters. The summed E-state index contributed by atoms with van der Waals surface area (Å²) in [6.45, 7) is 1.96. The lowest BCUT2D eigenvalue weighted by Crippen LogP contribution is -2.26. The molecule has 0 atom stereocenters. The number of carbonyl (C=O) groups is 2. The number of benzene rings is 3. The van der Waals surface area contributed by atoms with E-state index in [1.165, 1.54) is 16.7 Å². The van der Waals surface area contributed by atoms with Gasteiger partial charge in [0.1, 0.15) is 0 Å². The first-order valence-electron chi connectivity index (χ1n) is 9.52. The van der Waals surface area contributed by atoms with E-state index in [1.807, 2.05) is 24.3 Å². The number of nitrogens with one attached hydrogen (secondary N) is 2. The minimum Gasteiger partial charge on any atom is -0.339 e. The molecule has 2 amide bonds. The number of amides is 2. The van der Waals surface area contributed by atoms with E-state index in [9.17, 15) is 9.59 Å². The first kappa shape index (κ1) is 20.3. The molecule has 0 saturated carbocycles. The van der Waals surface area contributed by atoms with Gasteiger partial charge in [0, 0.05) is 35.4 Å². The van der Waals surface area contributed by atoms with Crippen LogP contribution in [0, 0.1) is 0 Å². The van der Waals surface area contributed by atoms with E-state index in [1.54, 1.807) is 30.0 Å². The zero-order valence-corrected chi connectivity index (χ0v) is 17.9. The fraction of sp³-hybridized carbons (Fsp3) is 0.130. The second kappa shape index (κ2) is 8.81. The molecule has 0 aliphatic carbocycles.